The number of pyridine rings is 2. The Morgan fingerprint density at radius 1 is 0.964 bits per heavy atom. The number of carbonyl (C=O) groups is 3. The lowest BCUT2D eigenvalue weighted by Crippen LogP contribution is -2.49. The quantitative estimate of drug-likeness (QED) is 0.168. The molecule has 5 heterocycles. The first-order valence-electron chi connectivity index (χ1n) is 18.7. The van der Waals surface area contributed by atoms with Gasteiger partial charge in [0.15, 0.2) is 0 Å². The van der Waals surface area contributed by atoms with Crippen molar-refractivity contribution in [1.82, 2.24) is 30.0 Å². The molecule has 1 saturated carbocycles. The zero-order chi connectivity index (χ0) is 38.3. The third-order valence-corrected chi connectivity index (χ3v) is 11.3. The van der Waals surface area contributed by atoms with Gasteiger partial charge in [0.1, 0.15) is 17.1 Å². The average Bonchev–Trinajstić information content (AvgIpc) is 3.60. The van der Waals surface area contributed by atoms with Gasteiger partial charge < -0.3 is 15.0 Å². The number of methoxy groups -OCH3 is 1. The molecule has 8 rings (SSSR count). The van der Waals surface area contributed by atoms with Crippen LogP contribution in [0.4, 0.5) is 29.3 Å². The molecule has 5 aromatic rings. The predicted molar refractivity (Wildman–Crippen MR) is 200 cm³/mol. The average molecular weight is 755 g/mol. The van der Waals surface area contributed by atoms with Crippen molar-refractivity contribution in [2.75, 3.05) is 43.5 Å². The molecule has 2 saturated heterocycles. The van der Waals surface area contributed by atoms with Crippen molar-refractivity contribution < 1.29 is 32.3 Å². The molecule has 55 heavy (non-hydrogen) atoms. The number of fused-ring (bicyclic) bond motifs is 2. The van der Waals surface area contributed by atoms with Crippen LogP contribution < -0.4 is 20.3 Å². The number of benzene rings is 2. The van der Waals surface area contributed by atoms with Gasteiger partial charge in [0.25, 0.3) is 5.91 Å². The molecule has 4 amide bonds. The Bertz CT molecular complexity index is 2260. The van der Waals surface area contributed by atoms with Gasteiger partial charge in [-0.15, -0.1) is 0 Å². The second-order valence-corrected chi connectivity index (χ2v) is 14.7. The van der Waals surface area contributed by atoms with Crippen LogP contribution in [0.1, 0.15) is 78.7 Å². The summed E-state index contributed by atoms with van der Waals surface area (Å²) < 4.78 is 47.0. The lowest BCUT2D eigenvalue weighted by molar-refractivity contribution is -0.141. The van der Waals surface area contributed by atoms with Crippen molar-refractivity contribution in [3.05, 3.63) is 84.1 Å². The van der Waals surface area contributed by atoms with E-state index >= 15 is 0 Å². The minimum Gasteiger partial charge on any atom is -0.494 e. The van der Waals surface area contributed by atoms with E-state index in [9.17, 15) is 27.6 Å². The maximum absolute atomic E-state index is 13.2. The number of hydrogen-bond donors (Lipinski definition) is 2. The Morgan fingerprint density at radius 3 is 2.49 bits per heavy atom. The fourth-order valence-corrected chi connectivity index (χ4v) is 8.38. The van der Waals surface area contributed by atoms with Gasteiger partial charge in [0, 0.05) is 54.1 Å². The Kier molecular flexibility index (Phi) is 9.88. The molecule has 0 radical (unpaired) electrons. The molecule has 0 atom stereocenters. The number of hydrogen-bond acceptors (Lipinski definition) is 8. The van der Waals surface area contributed by atoms with Crippen molar-refractivity contribution in [2.45, 2.75) is 63.1 Å². The summed E-state index contributed by atoms with van der Waals surface area (Å²) in [6, 6.07) is 12.7. The lowest BCUT2D eigenvalue weighted by atomic mass is 9.84. The van der Waals surface area contributed by atoms with Crippen molar-refractivity contribution in [3.63, 3.8) is 0 Å². The number of ether oxygens (including phenoxy) is 1. The molecule has 0 spiro atoms. The fraction of sp³-hybridized carbons (Fsp3) is 0.400. The van der Waals surface area contributed by atoms with E-state index in [4.69, 9.17) is 9.84 Å². The van der Waals surface area contributed by atoms with Gasteiger partial charge in [-0.25, -0.2) is 9.78 Å². The Labute approximate surface area is 315 Å². The topological polar surface area (TPSA) is 135 Å². The second-order valence-electron chi connectivity index (χ2n) is 14.7. The molecule has 12 nitrogen and oxygen atoms in total. The number of nitrogens with zero attached hydrogens (tertiary/aromatic N) is 6. The number of alkyl halides is 3. The summed E-state index contributed by atoms with van der Waals surface area (Å²) in [6.45, 7) is 3.42. The summed E-state index contributed by atoms with van der Waals surface area (Å²) in [7, 11) is 1.46. The minimum absolute atomic E-state index is 0.231. The van der Waals surface area contributed by atoms with Crippen LogP contribution in [0.3, 0.4) is 0 Å². The molecule has 0 bridgehead atoms. The Hall–Kier alpha value is -5.57. The summed E-state index contributed by atoms with van der Waals surface area (Å²) in [6.07, 6.45) is 7.39. The number of aromatic nitrogens is 4. The third kappa shape index (κ3) is 7.57. The van der Waals surface area contributed by atoms with Gasteiger partial charge in [-0.05, 0) is 87.2 Å². The van der Waals surface area contributed by atoms with Crippen LogP contribution in [0.25, 0.3) is 21.7 Å². The van der Waals surface area contributed by atoms with Crippen LogP contribution in [-0.2, 0) is 11.0 Å². The van der Waals surface area contributed by atoms with Crippen LogP contribution in [0.15, 0.2) is 67.1 Å². The molecule has 3 fully saturated rings. The first-order chi connectivity index (χ1) is 26.5. The van der Waals surface area contributed by atoms with Gasteiger partial charge in [0.2, 0.25) is 5.91 Å². The molecule has 1 aliphatic carbocycles. The van der Waals surface area contributed by atoms with Crippen molar-refractivity contribution in [3.8, 4) is 5.75 Å². The summed E-state index contributed by atoms with van der Waals surface area (Å²) in [5.74, 6) is 0.297. The number of rotatable bonds is 8. The lowest BCUT2D eigenvalue weighted by Gasteiger charge is -2.37. The molecule has 3 aliphatic rings. The first kappa shape index (κ1) is 36.4. The first-order valence-corrected chi connectivity index (χ1v) is 18.7. The monoisotopic (exact) mass is 754 g/mol. The van der Waals surface area contributed by atoms with Crippen LogP contribution in [0.2, 0.25) is 0 Å². The summed E-state index contributed by atoms with van der Waals surface area (Å²) in [4.78, 5) is 49.4. The highest BCUT2D eigenvalue weighted by Gasteiger charge is 2.33. The highest BCUT2D eigenvalue weighted by atomic mass is 19.4. The molecule has 0 unspecified atom stereocenters. The molecule has 15 heteroatoms. The van der Waals surface area contributed by atoms with Crippen LogP contribution >= 0.6 is 0 Å². The molecule has 3 aromatic heterocycles. The van der Waals surface area contributed by atoms with E-state index in [0.717, 1.165) is 92.1 Å². The number of carbonyl (C=O) groups excluding carboxylic acids is 3. The van der Waals surface area contributed by atoms with E-state index in [0.29, 0.717) is 35.3 Å². The number of anilines is 2. The maximum atomic E-state index is 13.2. The zero-order valence-corrected chi connectivity index (χ0v) is 30.3. The highest BCUT2D eigenvalue weighted by Crippen LogP contribution is 2.39. The highest BCUT2D eigenvalue weighted by molar-refractivity contribution is 6.10. The number of halogens is 3. The number of piperidine rings is 1. The summed E-state index contributed by atoms with van der Waals surface area (Å²) in [5.41, 5.74) is 1.51. The van der Waals surface area contributed by atoms with Crippen molar-refractivity contribution in [1.29, 1.82) is 0 Å². The largest absolute Gasteiger partial charge is 0.494 e. The second kappa shape index (κ2) is 14.9. The van der Waals surface area contributed by atoms with E-state index < -0.39 is 23.8 Å². The van der Waals surface area contributed by atoms with Crippen molar-refractivity contribution >= 4 is 50.9 Å². The van der Waals surface area contributed by atoms with Crippen LogP contribution in [-0.4, -0.2) is 75.8 Å². The molecule has 2 N–H and O–H groups in total. The Balaban J connectivity index is 0.867. The van der Waals surface area contributed by atoms with E-state index in [1.165, 1.54) is 18.7 Å². The number of amides is 4. The van der Waals surface area contributed by atoms with Gasteiger partial charge >= 0.3 is 12.2 Å². The van der Waals surface area contributed by atoms with E-state index in [2.05, 4.69) is 37.6 Å². The van der Waals surface area contributed by atoms with Gasteiger partial charge in [-0.2, -0.15) is 18.3 Å². The number of likely N-dealkylation sites (tertiary alicyclic amines) is 1. The third-order valence-electron chi connectivity index (χ3n) is 11.3. The normalized spacial score (nSPS) is 20.2. The fourth-order valence-electron chi connectivity index (χ4n) is 8.38. The number of urea groups is 1. The Morgan fingerprint density at radius 2 is 1.75 bits per heavy atom. The zero-order valence-electron chi connectivity index (χ0n) is 30.3. The molecule has 2 aromatic carbocycles. The molecular weight excluding hydrogens is 713 g/mol. The SMILES string of the molecule is COc1cc2nn(C3CCC(CN4CCC(c5cccc6c(N7CCC(=O)NC7=O)cncc56)CC4)CC3)cc2cc1NC(=O)c1cccc(C(F)(F)F)n1. The predicted octanol–water partition coefficient (Wildman–Crippen LogP) is 7.32. The van der Waals surface area contributed by atoms with Crippen LogP contribution in [0, 0.1) is 5.92 Å². The maximum Gasteiger partial charge on any atom is 0.433 e. The van der Waals surface area contributed by atoms with Gasteiger partial charge in [-0.3, -0.25) is 29.5 Å². The van der Waals surface area contributed by atoms with Crippen molar-refractivity contribution in [2.24, 2.45) is 5.92 Å². The van der Waals surface area contributed by atoms with Gasteiger partial charge in [0.05, 0.1) is 36.2 Å². The van der Waals surface area contributed by atoms with E-state index in [-0.39, 0.29) is 24.1 Å². The molecular formula is C40H41F3N8O4. The van der Waals surface area contributed by atoms with E-state index in [1.54, 1.807) is 23.2 Å². The van der Waals surface area contributed by atoms with Gasteiger partial charge in [-0.1, -0.05) is 24.3 Å². The summed E-state index contributed by atoms with van der Waals surface area (Å²) in [5, 5.41) is 12.7. The summed E-state index contributed by atoms with van der Waals surface area (Å²) >= 11 is 0. The van der Waals surface area contributed by atoms with Crippen LogP contribution in [0.5, 0.6) is 5.75 Å². The standard InChI is InChI=1S/C40H41F3N8O4/c1-55-35-19-32-26(18-33(35)46-38(53)31-6-3-7-36(45-31)40(41,42)43)23-51(48-32)27-10-8-24(9-11-27)22-49-15-12-25(13-16-49)28-4-2-5-29-30(28)20-44-21-34(29)50-17-14-37(52)47-39(50)54/h2-7,18-21,23-25,27H,8-17,22H2,1H3,(H,46,53)(H,47,52,54). The number of imide groups is 1. The van der Waals surface area contributed by atoms with E-state index in [1.807, 2.05) is 23.1 Å². The smallest absolute Gasteiger partial charge is 0.433 e. The molecule has 2 aliphatic heterocycles. The number of nitrogens with one attached hydrogen (secondary N) is 2. The minimum atomic E-state index is -4.66. The molecule has 286 valence electrons.